The number of anilines is 2. The Bertz CT molecular complexity index is 984. The third-order valence-corrected chi connectivity index (χ3v) is 4.70. The molecule has 1 heterocycles. The summed E-state index contributed by atoms with van der Waals surface area (Å²) in [7, 11) is 0. The lowest BCUT2D eigenvalue weighted by Gasteiger charge is -2.19. The Morgan fingerprint density at radius 2 is 1.78 bits per heavy atom. The van der Waals surface area contributed by atoms with Crippen molar-refractivity contribution >= 4 is 17.7 Å². The number of aryl methyl sites for hydroxylation is 1. The van der Waals surface area contributed by atoms with Gasteiger partial charge in [-0.3, -0.25) is 10.1 Å². The zero-order valence-electron chi connectivity index (χ0n) is 18.6. The zero-order valence-corrected chi connectivity index (χ0v) is 18.6. The molecular formula is C23H27F3N4O2. The summed E-state index contributed by atoms with van der Waals surface area (Å²) in [5.74, 6) is 5.94. The van der Waals surface area contributed by atoms with E-state index in [9.17, 15) is 18.0 Å². The SMILES string of the molecule is CCOCCCC(=O)Nc1nc(C)c(C#CC(C)(C)c2ccc(C(F)(F)F)cc2)c(N)n1. The monoisotopic (exact) mass is 448 g/mol. The second-order valence-electron chi connectivity index (χ2n) is 7.69. The van der Waals surface area contributed by atoms with E-state index in [1.54, 1.807) is 20.8 Å². The molecule has 32 heavy (non-hydrogen) atoms. The molecular weight excluding hydrogens is 421 g/mol. The number of carbonyl (C=O) groups is 1. The van der Waals surface area contributed by atoms with Crippen LogP contribution in [0.1, 0.15) is 56.0 Å². The van der Waals surface area contributed by atoms with Gasteiger partial charge in [-0.25, -0.2) is 4.98 Å². The molecule has 0 aliphatic heterocycles. The van der Waals surface area contributed by atoms with E-state index in [0.29, 0.717) is 36.5 Å². The predicted molar refractivity (Wildman–Crippen MR) is 117 cm³/mol. The fourth-order valence-corrected chi connectivity index (χ4v) is 2.84. The van der Waals surface area contributed by atoms with E-state index in [1.807, 2.05) is 6.92 Å². The Balaban J connectivity index is 2.15. The quantitative estimate of drug-likeness (QED) is 0.482. The Morgan fingerprint density at radius 3 is 2.34 bits per heavy atom. The number of ether oxygens (including phenoxy) is 1. The van der Waals surface area contributed by atoms with Crippen LogP contribution < -0.4 is 11.1 Å². The molecule has 0 unspecified atom stereocenters. The first-order valence-electron chi connectivity index (χ1n) is 10.2. The van der Waals surface area contributed by atoms with Crippen LogP contribution in [0.15, 0.2) is 24.3 Å². The van der Waals surface area contributed by atoms with Crippen LogP contribution in [0.2, 0.25) is 0 Å². The third kappa shape index (κ3) is 6.95. The number of nitrogens with one attached hydrogen (secondary N) is 1. The molecule has 2 rings (SSSR count). The highest BCUT2D eigenvalue weighted by Gasteiger charge is 2.30. The zero-order chi connectivity index (χ0) is 23.9. The van der Waals surface area contributed by atoms with Crippen LogP contribution in [0, 0.1) is 18.8 Å². The highest BCUT2D eigenvalue weighted by Crippen LogP contribution is 2.31. The maximum atomic E-state index is 12.8. The van der Waals surface area contributed by atoms with Crippen molar-refractivity contribution in [3.8, 4) is 11.8 Å². The fourth-order valence-electron chi connectivity index (χ4n) is 2.84. The average Bonchev–Trinajstić information content (AvgIpc) is 2.70. The molecule has 0 fully saturated rings. The van der Waals surface area contributed by atoms with Crippen LogP contribution in [0.4, 0.5) is 24.9 Å². The van der Waals surface area contributed by atoms with Crippen molar-refractivity contribution < 1.29 is 22.7 Å². The summed E-state index contributed by atoms with van der Waals surface area (Å²) in [5, 5.41) is 2.61. The van der Waals surface area contributed by atoms with E-state index in [2.05, 4.69) is 27.1 Å². The van der Waals surface area contributed by atoms with E-state index < -0.39 is 17.2 Å². The number of benzene rings is 1. The number of hydrogen-bond donors (Lipinski definition) is 2. The van der Waals surface area contributed by atoms with Crippen molar-refractivity contribution in [3.63, 3.8) is 0 Å². The molecule has 0 aliphatic rings. The van der Waals surface area contributed by atoms with Gasteiger partial charge in [0.1, 0.15) is 5.82 Å². The number of halogens is 3. The summed E-state index contributed by atoms with van der Waals surface area (Å²) in [5.41, 5.74) is 6.09. The third-order valence-electron chi connectivity index (χ3n) is 4.70. The fraction of sp³-hybridized carbons (Fsp3) is 0.435. The lowest BCUT2D eigenvalue weighted by atomic mass is 9.84. The van der Waals surface area contributed by atoms with Crippen molar-refractivity contribution in [2.75, 3.05) is 24.3 Å². The minimum atomic E-state index is -4.39. The molecule has 3 N–H and O–H groups in total. The highest BCUT2D eigenvalue weighted by molar-refractivity contribution is 5.89. The van der Waals surface area contributed by atoms with Gasteiger partial charge in [-0.15, -0.1) is 0 Å². The molecule has 1 amide bonds. The molecule has 0 bridgehead atoms. The Morgan fingerprint density at radius 1 is 1.16 bits per heavy atom. The summed E-state index contributed by atoms with van der Waals surface area (Å²) >= 11 is 0. The van der Waals surface area contributed by atoms with Gasteiger partial charge in [0.2, 0.25) is 11.9 Å². The van der Waals surface area contributed by atoms with Crippen molar-refractivity contribution in [3.05, 3.63) is 46.6 Å². The van der Waals surface area contributed by atoms with Crippen LogP contribution in [-0.4, -0.2) is 29.1 Å². The number of aromatic nitrogens is 2. The van der Waals surface area contributed by atoms with E-state index >= 15 is 0 Å². The summed E-state index contributed by atoms with van der Waals surface area (Å²) in [4.78, 5) is 20.4. The summed E-state index contributed by atoms with van der Waals surface area (Å²) < 4.78 is 43.6. The first kappa shape index (κ1) is 25.1. The number of nitrogen functional groups attached to an aromatic ring is 1. The average molecular weight is 448 g/mol. The number of nitrogens with two attached hydrogens (primary N) is 1. The molecule has 0 saturated carbocycles. The van der Waals surface area contributed by atoms with E-state index in [0.717, 1.165) is 12.1 Å². The van der Waals surface area contributed by atoms with E-state index in [1.165, 1.54) is 12.1 Å². The molecule has 9 heteroatoms. The molecule has 0 aliphatic carbocycles. The van der Waals surface area contributed by atoms with Gasteiger partial charge in [0, 0.05) is 19.6 Å². The van der Waals surface area contributed by atoms with Gasteiger partial charge in [0.25, 0.3) is 0 Å². The smallest absolute Gasteiger partial charge is 0.382 e. The van der Waals surface area contributed by atoms with Gasteiger partial charge >= 0.3 is 6.18 Å². The molecule has 0 atom stereocenters. The number of alkyl halides is 3. The molecule has 2 aromatic rings. The highest BCUT2D eigenvalue weighted by atomic mass is 19.4. The normalized spacial score (nSPS) is 11.6. The summed E-state index contributed by atoms with van der Waals surface area (Å²) in [6.45, 7) is 8.26. The molecule has 0 spiro atoms. The Hall–Kier alpha value is -3.12. The largest absolute Gasteiger partial charge is 0.416 e. The van der Waals surface area contributed by atoms with Crippen molar-refractivity contribution in [1.29, 1.82) is 0 Å². The van der Waals surface area contributed by atoms with Gasteiger partial charge in [-0.1, -0.05) is 24.0 Å². The molecule has 0 radical (unpaired) electrons. The minimum Gasteiger partial charge on any atom is -0.382 e. The van der Waals surface area contributed by atoms with Crippen LogP contribution in [0.3, 0.4) is 0 Å². The maximum absolute atomic E-state index is 12.8. The summed E-state index contributed by atoms with van der Waals surface area (Å²) in [6, 6.07) is 4.89. The van der Waals surface area contributed by atoms with Gasteiger partial charge in [0.05, 0.1) is 22.2 Å². The van der Waals surface area contributed by atoms with E-state index in [4.69, 9.17) is 10.5 Å². The molecule has 1 aromatic heterocycles. The number of amides is 1. The maximum Gasteiger partial charge on any atom is 0.416 e. The molecule has 1 aromatic carbocycles. The van der Waals surface area contributed by atoms with Gasteiger partial charge in [-0.2, -0.15) is 18.2 Å². The van der Waals surface area contributed by atoms with Crippen LogP contribution in [0.25, 0.3) is 0 Å². The van der Waals surface area contributed by atoms with E-state index in [-0.39, 0.29) is 24.1 Å². The van der Waals surface area contributed by atoms with Crippen molar-refractivity contribution in [2.24, 2.45) is 0 Å². The van der Waals surface area contributed by atoms with Crippen LogP contribution >= 0.6 is 0 Å². The first-order chi connectivity index (χ1) is 14.9. The lowest BCUT2D eigenvalue weighted by Crippen LogP contribution is -2.17. The number of hydrogen-bond acceptors (Lipinski definition) is 5. The molecule has 172 valence electrons. The Kier molecular flexibility index (Phi) is 8.22. The second-order valence-corrected chi connectivity index (χ2v) is 7.69. The Labute approximate surface area is 185 Å². The second kappa shape index (κ2) is 10.5. The number of nitrogens with zero attached hydrogens (tertiary/aromatic N) is 2. The minimum absolute atomic E-state index is 0.0916. The number of carbonyl (C=O) groups excluding carboxylic acids is 1. The van der Waals surface area contributed by atoms with Crippen molar-refractivity contribution in [2.45, 2.75) is 52.1 Å². The van der Waals surface area contributed by atoms with Crippen LogP contribution in [0.5, 0.6) is 0 Å². The van der Waals surface area contributed by atoms with Gasteiger partial charge < -0.3 is 10.5 Å². The molecule has 6 nitrogen and oxygen atoms in total. The summed E-state index contributed by atoms with van der Waals surface area (Å²) in [6.07, 6.45) is -3.54. The van der Waals surface area contributed by atoms with Crippen LogP contribution in [-0.2, 0) is 21.1 Å². The standard InChI is InChI=1S/C23H27F3N4O2/c1-5-32-14-6-7-19(31)29-21-28-15(2)18(20(27)30-21)12-13-22(3,4)16-8-10-17(11-9-16)23(24,25)26/h8-11H,5-7,14H2,1-4H3,(H3,27,28,29,30,31). The number of rotatable bonds is 7. The molecule has 0 saturated heterocycles. The lowest BCUT2D eigenvalue weighted by molar-refractivity contribution is -0.137. The topological polar surface area (TPSA) is 90.1 Å². The van der Waals surface area contributed by atoms with Gasteiger partial charge in [-0.05, 0) is 51.8 Å². The predicted octanol–water partition coefficient (Wildman–Crippen LogP) is 4.47. The van der Waals surface area contributed by atoms with Crippen molar-refractivity contribution in [1.82, 2.24) is 9.97 Å². The van der Waals surface area contributed by atoms with Gasteiger partial charge in [0.15, 0.2) is 0 Å². The first-order valence-corrected chi connectivity index (χ1v) is 10.2.